The number of aryl methyl sites for hydroxylation is 2. The van der Waals surface area contributed by atoms with E-state index < -0.39 is 0 Å². The maximum absolute atomic E-state index is 3.89. The lowest BCUT2D eigenvalue weighted by molar-refractivity contribution is 0.589. The molecule has 0 spiro atoms. The van der Waals surface area contributed by atoms with Crippen LogP contribution in [0.15, 0.2) is 18.2 Å². The summed E-state index contributed by atoms with van der Waals surface area (Å²) in [5.74, 6) is 0. The van der Waals surface area contributed by atoms with Crippen LogP contribution in [-0.4, -0.2) is 0 Å². The van der Waals surface area contributed by atoms with Crippen LogP contribution in [0.5, 0.6) is 0 Å². The molecule has 0 heterocycles. The zero-order valence-electron chi connectivity index (χ0n) is 9.85. The summed E-state index contributed by atoms with van der Waals surface area (Å²) in [5.41, 5.74) is 4.52. The maximum Gasteiger partial charge on any atom is -0.0132 e. The summed E-state index contributed by atoms with van der Waals surface area (Å²) >= 11 is 0. The molecule has 0 aliphatic rings. The summed E-state index contributed by atoms with van der Waals surface area (Å²) in [6.07, 6.45) is 2.08. The Bertz CT molecular complexity index is 302. The topological polar surface area (TPSA) is 0 Å². The van der Waals surface area contributed by atoms with Gasteiger partial charge in [0.25, 0.3) is 0 Å². The SMILES string of the molecule is [CH2]CCc1ccc(C(C)(C)C)cc1C. The molecule has 1 rings (SSSR count). The summed E-state index contributed by atoms with van der Waals surface area (Å²) in [5, 5.41) is 0. The van der Waals surface area contributed by atoms with Gasteiger partial charge in [0.2, 0.25) is 0 Å². The predicted octanol–water partition coefficient (Wildman–Crippen LogP) is 4.06. The summed E-state index contributed by atoms with van der Waals surface area (Å²) in [7, 11) is 0. The fourth-order valence-electron chi connectivity index (χ4n) is 1.63. The third kappa shape index (κ3) is 2.60. The zero-order chi connectivity index (χ0) is 10.8. The first kappa shape index (κ1) is 11.3. The average Bonchev–Trinajstić information content (AvgIpc) is 2.07. The molecule has 0 aliphatic heterocycles. The van der Waals surface area contributed by atoms with E-state index in [0.717, 1.165) is 12.8 Å². The Labute approximate surface area is 88.4 Å². The van der Waals surface area contributed by atoms with Gasteiger partial charge in [-0.25, -0.2) is 0 Å². The van der Waals surface area contributed by atoms with E-state index in [1.54, 1.807) is 0 Å². The van der Waals surface area contributed by atoms with E-state index in [-0.39, 0.29) is 5.41 Å². The monoisotopic (exact) mass is 189 g/mol. The fourth-order valence-corrected chi connectivity index (χ4v) is 1.63. The molecule has 1 aromatic rings. The normalized spacial score (nSPS) is 11.8. The fraction of sp³-hybridized carbons (Fsp3) is 0.500. The number of rotatable bonds is 2. The Morgan fingerprint density at radius 1 is 1.21 bits per heavy atom. The molecular weight excluding hydrogens is 168 g/mol. The smallest absolute Gasteiger partial charge is 0.0132 e. The van der Waals surface area contributed by atoms with Crippen molar-refractivity contribution in [1.82, 2.24) is 0 Å². The van der Waals surface area contributed by atoms with Crippen LogP contribution in [0.1, 0.15) is 43.9 Å². The Hall–Kier alpha value is -0.780. The largest absolute Gasteiger partial charge is 0.0585 e. The van der Waals surface area contributed by atoms with E-state index in [9.17, 15) is 0 Å². The predicted molar refractivity (Wildman–Crippen MR) is 63.6 cm³/mol. The molecule has 77 valence electrons. The van der Waals surface area contributed by atoms with Crippen molar-refractivity contribution in [2.75, 3.05) is 0 Å². The average molecular weight is 189 g/mol. The van der Waals surface area contributed by atoms with Gasteiger partial charge in [0, 0.05) is 0 Å². The van der Waals surface area contributed by atoms with Crippen molar-refractivity contribution in [3.05, 3.63) is 41.8 Å². The molecule has 0 saturated heterocycles. The minimum Gasteiger partial charge on any atom is -0.0585 e. The highest BCUT2D eigenvalue weighted by atomic mass is 14.2. The highest BCUT2D eigenvalue weighted by Gasteiger charge is 2.13. The minimum absolute atomic E-state index is 0.258. The van der Waals surface area contributed by atoms with Crippen LogP contribution < -0.4 is 0 Å². The van der Waals surface area contributed by atoms with Gasteiger partial charge < -0.3 is 0 Å². The van der Waals surface area contributed by atoms with Gasteiger partial charge in [-0.15, -0.1) is 0 Å². The molecule has 0 fully saturated rings. The van der Waals surface area contributed by atoms with Crippen LogP contribution in [0.4, 0.5) is 0 Å². The standard InChI is InChI=1S/C14H21/c1-6-7-12-8-9-13(10-11(12)2)14(3,4)5/h8-10H,1,6-7H2,2-5H3. The molecule has 0 amide bonds. The lowest BCUT2D eigenvalue weighted by Gasteiger charge is -2.20. The molecule has 0 bridgehead atoms. The zero-order valence-corrected chi connectivity index (χ0v) is 9.85. The quantitative estimate of drug-likeness (QED) is 0.658. The van der Waals surface area contributed by atoms with Crippen molar-refractivity contribution in [3.8, 4) is 0 Å². The summed E-state index contributed by atoms with van der Waals surface area (Å²) < 4.78 is 0. The Balaban J connectivity index is 3.01. The maximum atomic E-state index is 3.89. The number of hydrogen-bond donors (Lipinski definition) is 0. The van der Waals surface area contributed by atoms with Gasteiger partial charge >= 0.3 is 0 Å². The van der Waals surface area contributed by atoms with Crippen molar-refractivity contribution < 1.29 is 0 Å². The molecule has 0 aromatic heterocycles. The van der Waals surface area contributed by atoms with Crippen molar-refractivity contribution >= 4 is 0 Å². The molecule has 14 heavy (non-hydrogen) atoms. The van der Waals surface area contributed by atoms with Crippen LogP contribution in [0, 0.1) is 13.8 Å². The van der Waals surface area contributed by atoms with E-state index in [2.05, 4.69) is 52.8 Å². The van der Waals surface area contributed by atoms with Crippen LogP contribution in [0.3, 0.4) is 0 Å². The van der Waals surface area contributed by atoms with Gasteiger partial charge in [-0.05, 0) is 41.9 Å². The lowest BCUT2D eigenvalue weighted by Crippen LogP contribution is -2.11. The first-order valence-corrected chi connectivity index (χ1v) is 5.34. The summed E-state index contributed by atoms with van der Waals surface area (Å²) in [4.78, 5) is 0. The second kappa shape index (κ2) is 4.16. The molecule has 0 nitrogen and oxygen atoms in total. The van der Waals surface area contributed by atoms with E-state index in [4.69, 9.17) is 0 Å². The second-order valence-corrected chi connectivity index (χ2v) is 4.99. The molecule has 0 saturated carbocycles. The highest BCUT2D eigenvalue weighted by molar-refractivity contribution is 5.34. The van der Waals surface area contributed by atoms with Crippen molar-refractivity contribution in [3.63, 3.8) is 0 Å². The number of benzene rings is 1. The van der Waals surface area contributed by atoms with Gasteiger partial charge in [0.05, 0.1) is 0 Å². The molecule has 0 unspecified atom stereocenters. The molecule has 0 aliphatic carbocycles. The Kier molecular flexibility index (Phi) is 3.36. The van der Waals surface area contributed by atoms with E-state index in [1.165, 1.54) is 16.7 Å². The highest BCUT2D eigenvalue weighted by Crippen LogP contribution is 2.24. The van der Waals surface area contributed by atoms with Crippen molar-refractivity contribution in [2.24, 2.45) is 0 Å². The van der Waals surface area contributed by atoms with Gasteiger partial charge in [0.1, 0.15) is 0 Å². The van der Waals surface area contributed by atoms with Crippen LogP contribution in [0.2, 0.25) is 0 Å². The first-order chi connectivity index (χ1) is 6.45. The van der Waals surface area contributed by atoms with E-state index in [1.807, 2.05) is 0 Å². The van der Waals surface area contributed by atoms with Gasteiger partial charge in [0.15, 0.2) is 0 Å². The minimum atomic E-state index is 0.258. The van der Waals surface area contributed by atoms with E-state index in [0.29, 0.717) is 0 Å². The third-order valence-corrected chi connectivity index (χ3v) is 2.65. The summed E-state index contributed by atoms with van der Waals surface area (Å²) in [6.45, 7) is 12.8. The van der Waals surface area contributed by atoms with E-state index >= 15 is 0 Å². The van der Waals surface area contributed by atoms with Gasteiger partial charge in [-0.2, -0.15) is 0 Å². The van der Waals surface area contributed by atoms with Crippen LogP contribution in [0.25, 0.3) is 0 Å². The Morgan fingerprint density at radius 2 is 1.86 bits per heavy atom. The Morgan fingerprint density at radius 3 is 2.29 bits per heavy atom. The summed E-state index contributed by atoms with van der Waals surface area (Å²) in [6, 6.07) is 6.81. The second-order valence-electron chi connectivity index (χ2n) is 4.99. The molecule has 0 heteroatoms. The number of hydrogen-bond acceptors (Lipinski definition) is 0. The third-order valence-electron chi connectivity index (χ3n) is 2.65. The molecule has 0 atom stereocenters. The first-order valence-electron chi connectivity index (χ1n) is 5.34. The van der Waals surface area contributed by atoms with Crippen LogP contribution >= 0.6 is 0 Å². The lowest BCUT2D eigenvalue weighted by atomic mass is 9.85. The molecular formula is C14H21. The van der Waals surface area contributed by atoms with Gasteiger partial charge in [-0.1, -0.05) is 45.9 Å². The van der Waals surface area contributed by atoms with Crippen molar-refractivity contribution in [2.45, 2.75) is 46.0 Å². The van der Waals surface area contributed by atoms with Gasteiger partial charge in [-0.3, -0.25) is 0 Å². The molecule has 1 aromatic carbocycles. The molecule has 1 radical (unpaired) electrons. The molecule has 0 N–H and O–H groups in total. The van der Waals surface area contributed by atoms with Crippen molar-refractivity contribution in [1.29, 1.82) is 0 Å². The van der Waals surface area contributed by atoms with Crippen LogP contribution in [-0.2, 0) is 11.8 Å².